The van der Waals surface area contributed by atoms with Gasteiger partial charge in [-0.25, -0.2) is 10.6 Å². The molecule has 0 radical (unpaired) electrons. The molecule has 110 valence electrons. The van der Waals surface area contributed by atoms with Gasteiger partial charge in [0, 0.05) is 13.1 Å². The second-order valence-corrected chi connectivity index (χ2v) is 4.25. The van der Waals surface area contributed by atoms with E-state index in [1.165, 1.54) is 18.2 Å². The summed E-state index contributed by atoms with van der Waals surface area (Å²) in [6, 6.07) is 1.78. The van der Waals surface area contributed by atoms with Gasteiger partial charge in [0.15, 0.2) is 0 Å². The second kappa shape index (κ2) is 6.81. The lowest BCUT2D eigenvalue weighted by Crippen LogP contribution is -2.27. The zero-order valence-corrected chi connectivity index (χ0v) is 12.3. The number of carbonyl (C=O) groups is 1. The minimum atomic E-state index is -0.399. The summed E-state index contributed by atoms with van der Waals surface area (Å²) in [7, 11) is 3.22. The molecular formula is C14H21N3O3. The van der Waals surface area contributed by atoms with Gasteiger partial charge in [-0.05, 0) is 37.1 Å². The van der Waals surface area contributed by atoms with E-state index in [1.807, 2.05) is 6.92 Å². The third kappa shape index (κ3) is 3.42. The largest absolute Gasteiger partial charge is 0.494 e. The molecule has 6 nitrogen and oxygen atoms in total. The summed E-state index contributed by atoms with van der Waals surface area (Å²) in [5.41, 5.74) is 8.79. The third-order valence-corrected chi connectivity index (χ3v) is 2.87. The number of nitrogens with two attached hydrogens (primary N) is 2. The van der Waals surface area contributed by atoms with Gasteiger partial charge in [-0.15, -0.1) is 0 Å². The fourth-order valence-electron chi connectivity index (χ4n) is 1.82. The Morgan fingerprint density at radius 1 is 1.50 bits per heavy atom. The molecule has 1 aromatic rings. The van der Waals surface area contributed by atoms with Crippen molar-refractivity contribution in [1.82, 2.24) is 0 Å². The number of hydrazine groups is 1. The van der Waals surface area contributed by atoms with Crippen LogP contribution in [0.1, 0.15) is 18.1 Å². The van der Waals surface area contributed by atoms with Gasteiger partial charge < -0.3 is 20.2 Å². The van der Waals surface area contributed by atoms with Gasteiger partial charge in [0.2, 0.25) is 0 Å². The Labute approximate surface area is 118 Å². The standard InChI is InChI=1S/C14H21N3O3/c1-5-20-12(18)7-6-10-8-11(19-4)14(17(3)16)13(15)9(10)2/h6-8H,5,15-16H2,1-4H3/b7-6+. The Bertz CT molecular complexity index is 525. The Balaban J connectivity index is 3.23. The number of benzene rings is 1. The van der Waals surface area contributed by atoms with Crippen LogP contribution < -0.4 is 21.3 Å². The molecule has 0 aliphatic carbocycles. The van der Waals surface area contributed by atoms with E-state index in [4.69, 9.17) is 21.1 Å². The molecular weight excluding hydrogens is 258 g/mol. The van der Waals surface area contributed by atoms with Crippen LogP contribution in [0, 0.1) is 6.92 Å². The minimum Gasteiger partial charge on any atom is -0.494 e. The van der Waals surface area contributed by atoms with E-state index >= 15 is 0 Å². The molecule has 0 aliphatic rings. The van der Waals surface area contributed by atoms with Gasteiger partial charge in [0.05, 0.1) is 19.4 Å². The first-order chi connectivity index (χ1) is 9.42. The normalized spacial score (nSPS) is 10.7. The second-order valence-electron chi connectivity index (χ2n) is 4.25. The quantitative estimate of drug-likeness (QED) is 0.279. The van der Waals surface area contributed by atoms with Crippen molar-refractivity contribution in [3.63, 3.8) is 0 Å². The highest BCUT2D eigenvalue weighted by molar-refractivity contribution is 5.89. The minimum absolute atomic E-state index is 0.338. The molecule has 0 spiro atoms. The molecule has 6 heteroatoms. The molecule has 0 amide bonds. The van der Waals surface area contributed by atoms with Crippen LogP contribution in [0.15, 0.2) is 12.1 Å². The van der Waals surface area contributed by atoms with Crippen LogP contribution in [0.2, 0.25) is 0 Å². The highest BCUT2D eigenvalue weighted by Gasteiger charge is 2.15. The molecule has 0 bridgehead atoms. The van der Waals surface area contributed by atoms with Crippen LogP contribution in [0.3, 0.4) is 0 Å². The summed E-state index contributed by atoms with van der Waals surface area (Å²) in [6.07, 6.45) is 3.00. The van der Waals surface area contributed by atoms with Crippen molar-refractivity contribution in [3.05, 3.63) is 23.3 Å². The third-order valence-electron chi connectivity index (χ3n) is 2.87. The molecule has 4 N–H and O–H groups in total. The first-order valence-electron chi connectivity index (χ1n) is 6.22. The maximum absolute atomic E-state index is 11.3. The van der Waals surface area contributed by atoms with Gasteiger partial charge in [0.25, 0.3) is 0 Å². The zero-order chi connectivity index (χ0) is 15.3. The van der Waals surface area contributed by atoms with Gasteiger partial charge in [-0.2, -0.15) is 0 Å². The van der Waals surface area contributed by atoms with Crippen LogP contribution in [-0.2, 0) is 9.53 Å². The highest BCUT2D eigenvalue weighted by atomic mass is 16.5. The van der Waals surface area contributed by atoms with Crippen molar-refractivity contribution in [2.24, 2.45) is 5.84 Å². The average Bonchev–Trinajstić information content (AvgIpc) is 2.39. The maximum atomic E-state index is 11.3. The maximum Gasteiger partial charge on any atom is 0.330 e. The van der Waals surface area contributed by atoms with Crippen molar-refractivity contribution in [1.29, 1.82) is 0 Å². The monoisotopic (exact) mass is 279 g/mol. The van der Waals surface area contributed by atoms with Crippen LogP contribution >= 0.6 is 0 Å². The van der Waals surface area contributed by atoms with Gasteiger partial charge in [-0.3, -0.25) is 0 Å². The molecule has 0 aliphatic heterocycles. The first kappa shape index (κ1) is 15.8. The van der Waals surface area contributed by atoms with E-state index in [1.54, 1.807) is 26.1 Å². The highest BCUT2D eigenvalue weighted by Crippen LogP contribution is 2.37. The lowest BCUT2D eigenvalue weighted by atomic mass is 10.0. The molecule has 1 rings (SSSR count). The molecule has 0 unspecified atom stereocenters. The van der Waals surface area contributed by atoms with Crippen molar-refractivity contribution in [2.45, 2.75) is 13.8 Å². The molecule has 0 atom stereocenters. The fourth-order valence-corrected chi connectivity index (χ4v) is 1.82. The molecule has 0 aromatic heterocycles. The predicted molar refractivity (Wildman–Crippen MR) is 80.4 cm³/mol. The van der Waals surface area contributed by atoms with Crippen LogP contribution in [0.25, 0.3) is 6.08 Å². The van der Waals surface area contributed by atoms with Crippen LogP contribution in [-0.4, -0.2) is 26.7 Å². The molecule has 0 heterocycles. The summed E-state index contributed by atoms with van der Waals surface area (Å²) in [6.45, 7) is 3.95. The summed E-state index contributed by atoms with van der Waals surface area (Å²) < 4.78 is 10.1. The van der Waals surface area contributed by atoms with E-state index in [0.29, 0.717) is 23.7 Å². The Hall–Kier alpha value is -2.21. The lowest BCUT2D eigenvalue weighted by molar-refractivity contribution is -0.137. The van der Waals surface area contributed by atoms with Crippen LogP contribution in [0.4, 0.5) is 11.4 Å². The fraction of sp³-hybridized carbons (Fsp3) is 0.357. The van der Waals surface area contributed by atoms with Gasteiger partial charge in [0.1, 0.15) is 11.4 Å². The lowest BCUT2D eigenvalue weighted by Gasteiger charge is -2.21. The van der Waals surface area contributed by atoms with Crippen molar-refractivity contribution in [2.75, 3.05) is 31.5 Å². The van der Waals surface area contributed by atoms with Gasteiger partial charge >= 0.3 is 5.97 Å². The summed E-state index contributed by atoms with van der Waals surface area (Å²) >= 11 is 0. The van der Waals surface area contributed by atoms with E-state index in [-0.39, 0.29) is 0 Å². The number of esters is 1. The van der Waals surface area contributed by atoms with Crippen molar-refractivity contribution >= 4 is 23.4 Å². The number of anilines is 2. The number of ether oxygens (including phenoxy) is 2. The van der Waals surface area contributed by atoms with Crippen LogP contribution in [0.5, 0.6) is 5.75 Å². The van der Waals surface area contributed by atoms with E-state index in [0.717, 1.165) is 11.1 Å². The average molecular weight is 279 g/mol. The Morgan fingerprint density at radius 2 is 2.15 bits per heavy atom. The number of rotatable bonds is 5. The molecule has 20 heavy (non-hydrogen) atoms. The zero-order valence-electron chi connectivity index (χ0n) is 12.3. The smallest absolute Gasteiger partial charge is 0.330 e. The number of carbonyl (C=O) groups excluding carboxylic acids is 1. The van der Waals surface area contributed by atoms with Crippen molar-refractivity contribution in [3.8, 4) is 5.75 Å². The van der Waals surface area contributed by atoms with E-state index in [2.05, 4.69) is 0 Å². The van der Waals surface area contributed by atoms with E-state index < -0.39 is 5.97 Å². The number of nitrogens with zero attached hydrogens (tertiary/aromatic N) is 1. The molecule has 0 fully saturated rings. The Kier molecular flexibility index (Phi) is 5.40. The van der Waals surface area contributed by atoms with Gasteiger partial charge in [-0.1, -0.05) is 0 Å². The predicted octanol–water partition coefficient (Wildman–Crippen LogP) is 1.47. The summed E-state index contributed by atoms with van der Waals surface area (Å²) in [5, 5.41) is 1.40. The number of hydrogen-bond acceptors (Lipinski definition) is 6. The first-order valence-corrected chi connectivity index (χ1v) is 6.22. The molecule has 0 saturated heterocycles. The molecule has 0 saturated carbocycles. The number of nitrogen functional groups attached to an aromatic ring is 1. The molecule has 1 aromatic carbocycles. The van der Waals surface area contributed by atoms with Crippen molar-refractivity contribution < 1.29 is 14.3 Å². The summed E-state index contributed by atoms with van der Waals surface area (Å²) in [4.78, 5) is 11.3. The Morgan fingerprint density at radius 3 is 2.65 bits per heavy atom. The SMILES string of the molecule is CCOC(=O)/C=C/c1cc(OC)c(N(C)N)c(N)c1C. The number of hydrogen-bond donors (Lipinski definition) is 2. The number of methoxy groups -OCH3 is 1. The van der Waals surface area contributed by atoms with E-state index in [9.17, 15) is 4.79 Å². The topological polar surface area (TPSA) is 90.8 Å². The summed E-state index contributed by atoms with van der Waals surface area (Å²) in [5.74, 6) is 5.90.